The summed E-state index contributed by atoms with van der Waals surface area (Å²) < 4.78 is 40.1. The van der Waals surface area contributed by atoms with E-state index in [1.807, 2.05) is 0 Å². The van der Waals surface area contributed by atoms with Crippen LogP contribution in [0.15, 0.2) is 6.07 Å². The molecule has 0 aliphatic heterocycles. The summed E-state index contributed by atoms with van der Waals surface area (Å²) in [5, 5.41) is 13.7. The number of carbonyl (C=O) groups excluding carboxylic acids is 1. The smallest absolute Gasteiger partial charge is 0.350 e. The molecule has 1 amide bonds. The van der Waals surface area contributed by atoms with Crippen LogP contribution in [0.1, 0.15) is 52.9 Å². The van der Waals surface area contributed by atoms with Gasteiger partial charge in [0.15, 0.2) is 5.69 Å². The number of aromatic amines is 1. The van der Waals surface area contributed by atoms with Crippen molar-refractivity contribution in [3.05, 3.63) is 34.4 Å². The van der Waals surface area contributed by atoms with Gasteiger partial charge in [0.2, 0.25) is 0 Å². The van der Waals surface area contributed by atoms with Crippen LogP contribution in [0.25, 0.3) is 0 Å². The number of carbonyl (C=O) groups is 1. The van der Waals surface area contributed by atoms with Crippen molar-refractivity contribution in [3.8, 4) is 0 Å². The molecule has 0 saturated carbocycles. The van der Waals surface area contributed by atoms with Crippen LogP contribution in [0.4, 0.5) is 13.2 Å². The number of amides is 1. The fourth-order valence-electron chi connectivity index (χ4n) is 3.29. The van der Waals surface area contributed by atoms with E-state index >= 15 is 0 Å². The maximum absolute atomic E-state index is 13.0. The second-order valence-corrected chi connectivity index (χ2v) is 6.90. The van der Waals surface area contributed by atoms with Gasteiger partial charge in [0, 0.05) is 24.3 Å². The first-order chi connectivity index (χ1) is 12.3. The van der Waals surface area contributed by atoms with E-state index < -0.39 is 11.9 Å². The van der Waals surface area contributed by atoms with Crippen molar-refractivity contribution in [3.63, 3.8) is 0 Å². The lowest BCUT2D eigenvalue weighted by molar-refractivity contribution is -0.144. The van der Waals surface area contributed by atoms with Crippen molar-refractivity contribution in [2.75, 3.05) is 6.54 Å². The maximum atomic E-state index is 13.0. The number of nitrogens with zero attached hydrogens (tertiary/aromatic N) is 3. The molecule has 3 rings (SSSR count). The molecule has 26 heavy (non-hydrogen) atoms. The van der Waals surface area contributed by atoms with Crippen LogP contribution in [-0.2, 0) is 25.6 Å². The number of rotatable bonds is 5. The quantitative estimate of drug-likeness (QED) is 0.851. The van der Waals surface area contributed by atoms with E-state index in [9.17, 15) is 18.0 Å². The van der Waals surface area contributed by atoms with Crippen LogP contribution in [0, 0.1) is 12.8 Å². The summed E-state index contributed by atoms with van der Waals surface area (Å²) in [6.07, 6.45) is -0.616. The average Bonchev–Trinajstić information content (AvgIpc) is 3.16. The Morgan fingerprint density at radius 3 is 2.85 bits per heavy atom. The van der Waals surface area contributed by atoms with E-state index in [4.69, 9.17) is 0 Å². The molecular formula is C17H22F3N5O. The number of fused-ring (bicyclic) bond motifs is 1. The third kappa shape index (κ3) is 3.91. The highest BCUT2D eigenvalue weighted by Gasteiger charge is 2.35. The standard InChI is InChI=1S/C17H22F3N5O/c1-10(9-25-14(17(18,19)20)7-11(2)24-25)8-21-16(26)15-12-5-3-4-6-13(12)22-23-15/h7,10H,3-6,8-9H2,1-2H3,(H,21,26)(H,22,23). The van der Waals surface area contributed by atoms with Crippen molar-refractivity contribution in [2.45, 2.75) is 52.3 Å². The molecule has 142 valence electrons. The Labute approximate surface area is 149 Å². The first kappa shape index (κ1) is 18.5. The Kier molecular flexibility index (Phi) is 5.06. The Hall–Kier alpha value is -2.32. The van der Waals surface area contributed by atoms with Crippen LogP contribution in [0.3, 0.4) is 0 Å². The zero-order chi connectivity index (χ0) is 18.9. The first-order valence-corrected chi connectivity index (χ1v) is 8.71. The zero-order valence-corrected chi connectivity index (χ0v) is 14.8. The number of halogens is 3. The second-order valence-electron chi connectivity index (χ2n) is 6.90. The number of nitrogens with one attached hydrogen (secondary N) is 2. The molecule has 1 aliphatic carbocycles. The first-order valence-electron chi connectivity index (χ1n) is 8.71. The SMILES string of the molecule is Cc1cc(C(F)(F)F)n(CC(C)CNC(=O)c2n[nH]c3c2CCCC3)n1. The molecule has 1 unspecified atom stereocenters. The molecule has 0 bridgehead atoms. The van der Waals surface area contributed by atoms with Crippen LogP contribution in [0.2, 0.25) is 0 Å². The molecule has 9 heteroatoms. The molecule has 1 aliphatic rings. The predicted octanol–water partition coefficient (Wildman–Crippen LogP) is 2.88. The van der Waals surface area contributed by atoms with Crippen LogP contribution in [0.5, 0.6) is 0 Å². The van der Waals surface area contributed by atoms with Crippen molar-refractivity contribution in [1.82, 2.24) is 25.3 Å². The lowest BCUT2D eigenvalue weighted by atomic mass is 9.96. The summed E-state index contributed by atoms with van der Waals surface area (Å²) >= 11 is 0. The molecule has 2 aromatic heterocycles. The lowest BCUT2D eigenvalue weighted by Gasteiger charge is -2.16. The van der Waals surface area contributed by atoms with E-state index in [0.29, 0.717) is 11.4 Å². The predicted molar refractivity (Wildman–Crippen MR) is 88.7 cm³/mol. The van der Waals surface area contributed by atoms with Gasteiger partial charge >= 0.3 is 6.18 Å². The molecule has 1 atom stereocenters. The highest BCUT2D eigenvalue weighted by Crippen LogP contribution is 2.30. The maximum Gasteiger partial charge on any atom is 0.433 e. The third-order valence-electron chi connectivity index (χ3n) is 4.56. The topological polar surface area (TPSA) is 75.6 Å². The van der Waals surface area contributed by atoms with Gasteiger partial charge in [-0.25, -0.2) is 0 Å². The van der Waals surface area contributed by atoms with Gasteiger partial charge in [-0.05, 0) is 44.6 Å². The van der Waals surface area contributed by atoms with Crippen LogP contribution < -0.4 is 5.32 Å². The minimum absolute atomic E-state index is 0.0711. The van der Waals surface area contributed by atoms with Gasteiger partial charge < -0.3 is 5.32 Å². The Morgan fingerprint density at radius 2 is 2.12 bits per heavy atom. The van der Waals surface area contributed by atoms with Gasteiger partial charge in [-0.3, -0.25) is 14.6 Å². The summed E-state index contributed by atoms with van der Waals surface area (Å²) in [4.78, 5) is 12.4. The third-order valence-corrected chi connectivity index (χ3v) is 4.56. The monoisotopic (exact) mass is 369 g/mol. The van der Waals surface area contributed by atoms with Gasteiger partial charge in [-0.2, -0.15) is 23.4 Å². The van der Waals surface area contributed by atoms with Gasteiger partial charge in [-0.1, -0.05) is 6.92 Å². The minimum Gasteiger partial charge on any atom is -0.350 e. The Morgan fingerprint density at radius 1 is 1.38 bits per heavy atom. The molecule has 2 heterocycles. The highest BCUT2D eigenvalue weighted by molar-refractivity contribution is 5.94. The number of alkyl halides is 3. The summed E-state index contributed by atoms with van der Waals surface area (Å²) in [6, 6.07) is 1.03. The van der Waals surface area contributed by atoms with Crippen molar-refractivity contribution in [1.29, 1.82) is 0 Å². The minimum atomic E-state index is -4.45. The average molecular weight is 369 g/mol. The van der Waals surface area contributed by atoms with E-state index in [1.165, 1.54) is 6.92 Å². The molecule has 2 N–H and O–H groups in total. The Bertz CT molecular complexity index is 793. The van der Waals surface area contributed by atoms with Crippen molar-refractivity contribution < 1.29 is 18.0 Å². The molecule has 2 aromatic rings. The number of H-pyrrole nitrogens is 1. The number of aryl methyl sites for hydroxylation is 2. The fraction of sp³-hybridized carbons (Fsp3) is 0.588. The Balaban J connectivity index is 1.60. The van der Waals surface area contributed by atoms with Gasteiger partial charge in [0.05, 0.1) is 5.69 Å². The van der Waals surface area contributed by atoms with Crippen molar-refractivity contribution in [2.24, 2.45) is 5.92 Å². The fourth-order valence-corrected chi connectivity index (χ4v) is 3.29. The van der Waals surface area contributed by atoms with Crippen LogP contribution >= 0.6 is 0 Å². The second kappa shape index (κ2) is 7.13. The highest BCUT2D eigenvalue weighted by atomic mass is 19.4. The van der Waals surface area contributed by atoms with E-state index in [-0.39, 0.29) is 24.9 Å². The normalized spacial score (nSPS) is 15.6. The van der Waals surface area contributed by atoms with Gasteiger partial charge in [0.25, 0.3) is 5.91 Å². The van der Waals surface area contributed by atoms with Crippen LogP contribution in [-0.4, -0.2) is 32.4 Å². The molecule has 0 spiro atoms. The van der Waals surface area contributed by atoms with E-state index in [1.54, 1.807) is 6.92 Å². The summed E-state index contributed by atoms with van der Waals surface area (Å²) in [5.74, 6) is -0.502. The zero-order valence-electron chi connectivity index (χ0n) is 14.8. The summed E-state index contributed by atoms with van der Waals surface area (Å²) in [6.45, 7) is 3.62. The van der Waals surface area contributed by atoms with Gasteiger partial charge in [0.1, 0.15) is 5.69 Å². The summed E-state index contributed by atoms with van der Waals surface area (Å²) in [5.41, 5.74) is 1.92. The number of hydrogen-bond acceptors (Lipinski definition) is 3. The molecular weight excluding hydrogens is 347 g/mol. The van der Waals surface area contributed by atoms with E-state index in [2.05, 4.69) is 20.6 Å². The molecule has 6 nitrogen and oxygen atoms in total. The number of hydrogen-bond donors (Lipinski definition) is 2. The largest absolute Gasteiger partial charge is 0.433 e. The molecule has 0 fully saturated rings. The number of aromatic nitrogens is 4. The molecule has 0 aromatic carbocycles. The lowest BCUT2D eigenvalue weighted by Crippen LogP contribution is -2.31. The van der Waals surface area contributed by atoms with Gasteiger partial charge in [-0.15, -0.1) is 0 Å². The molecule has 0 saturated heterocycles. The van der Waals surface area contributed by atoms with Crippen molar-refractivity contribution >= 4 is 5.91 Å². The molecule has 0 radical (unpaired) electrons. The summed E-state index contributed by atoms with van der Waals surface area (Å²) in [7, 11) is 0. The van der Waals surface area contributed by atoms with E-state index in [0.717, 1.165) is 47.7 Å².